The first-order chi connectivity index (χ1) is 12.8. The average molecular weight is 369 g/mol. The fourth-order valence-electron chi connectivity index (χ4n) is 4.44. The molecule has 2 aliphatic heterocycles. The fourth-order valence-corrected chi connectivity index (χ4v) is 4.44. The van der Waals surface area contributed by atoms with Crippen molar-refractivity contribution in [3.8, 4) is 0 Å². The van der Waals surface area contributed by atoms with Crippen LogP contribution in [-0.2, 0) is 15.1 Å². The third-order valence-electron chi connectivity index (χ3n) is 5.45. The quantitative estimate of drug-likeness (QED) is 0.830. The van der Waals surface area contributed by atoms with Gasteiger partial charge in [-0.15, -0.1) is 0 Å². The van der Waals surface area contributed by atoms with Gasteiger partial charge in [-0.05, 0) is 37.1 Å². The van der Waals surface area contributed by atoms with Crippen LogP contribution in [0.2, 0.25) is 0 Å². The molecule has 1 N–H and O–H groups in total. The lowest BCUT2D eigenvalue weighted by Gasteiger charge is -2.51. The van der Waals surface area contributed by atoms with Crippen molar-refractivity contribution in [2.45, 2.75) is 56.9 Å². The number of ether oxygens (including phenoxy) is 2. The molecule has 0 aromatic heterocycles. The predicted octanol–water partition coefficient (Wildman–Crippen LogP) is 3.83. The lowest BCUT2D eigenvalue weighted by molar-refractivity contribution is -0.140. The van der Waals surface area contributed by atoms with Gasteiger partial charge < -0.3 is 14.6 Å². The molecule has 5 nitrogen and oxygen atoms in total. The van der Waals surface area contributed by atoms with E-state index in [4.69, 9.17) is 9.47 Å². The summed E-state index contributed by atoms with van der Waals surface area (Å²) in [5.41, 5.74) is -0.602. The maximum absolute atomic E-state index is 12.8. The van der Waals surface area contributed by atoms with Gasteiger partial charge >= 0.3 is 6.09 Å². The van der Waals surface area contributed by atoms with Crippen LogP contribution >= 0.6 is 0 Å². The van der Waals surface area contributed by atoms with E-state index >= 15 is 0 Å². The Kier molecular flexibility index (Phi) is 4.40. The molecule has 2 aromatic rings. The number of aliphatic hydroxyl groups is 1. The summed E-state index contributed by atoms with van der Waals surface area (Å²) >= 11 is 0. The van der Waals surface area contributed by atoms with Gasteiger partial charge in [-0.3, -0.25) is 4.90 Å². The summed E-state index contributed by atoms with van der Waals surface area (Å²) in [6.07, 6.45) is 0.564. The molecular weight excluding hydrogens is 342 g/mol. The SMILES string of the molecule is CC(C)(C)OC(=O)N1C2COCC1CC(O)(c1cccc3ccccc13)C2. The molecule has 5 heteroatoms. The highest BCUT2D eigenvalue weighted by molar-refractivity contribution is 5.86. The van der Waals surface area contributed by atoms with Gasteiger partial charge in [0.15, 0.2) is 0 Å². The second kappa shape index (κ2) is 6.50. The van der Waals surface area contributed by atoms with Crippen molar-refractivity contribution >= 4 is 16.9 Å². The zero-order valence-corrected chi connectivity index (χ0v) is 16.1. The van der Waals surface area contributed by atoms with Gasteiger partial charge in [0.05, 0.1) is 30.9 Å². The number of hydrogen-bond donors (Lipinski definition) is 1. The topological polar surface area (TPSA) is 59.0 Å². The van der Waals surface area contributed by atoms with Crippen molar-refractivity contribution in [2.75, 3.05) is 13.2 Å². The van der Waals surface area contributed by atoms with Crippen molar-refractivity contribution in [1.29, 1.82) is 0 Å². The predicted molar refractivity (Wildman–Crippen MR) is 104 cm³/mol. The van der Waals surface area contributed by atoms with E-state index in [2.05, 4.69) is 18.2 Å². The lowest BCUT2D eigenvalue weighted by atomic mass is 9.75. The first-order valence-electron chi connectivity index (χ1n) is 9.56. The number of benzene rings is 2. The highest BCUT2D eigenvalue weighted by atomic mass is 16.6. The van der Waals surface area contributed by atoms with E-state index in [1.165, 1.54) is 0 Å². The first-order valence-corrected chi connectivity index (χ1v) is 9.56. The first kappa shape index (κ1) is 18.3. The summed E-state index contributed by atoms with van der Waals surface area (Å²) in [5, 5.41) is 13.8. The second-order valence-corrected chi connectivity index (χ2v) is 8.70. The summed E-state index contributed by atoms with van der Waals surface area (Å²) in [4.78, 5) is 14.5. The number of fused-ring (bicyclic) bond motifs is 3. The maximum Gasteiger partial charge on any atom is 0.410 e. The summed E-state index contributed by atoms with van der Waals surface area (Å²) in [7, 11) is 0. The van der Waals surface area contributed by atoms with E-state index in [0.29, 0.717) is 26.1 Å². The molecular formula is C22H27NO4. The van der Waals surface area contributed by atoms with Crippen LogP contribution in [0.5, 0.6) is 0 Å². The number of piperidine rings is 1. The van der Waals surface area contributed by atoms with Crippen LogP contribution in [0.1, 0.15) is 39.2 Å². The molecule has 2 aromatic carbocycles. The van der Waals surface area contributed by atoms with Crippen molar-refractivity contribution in [3.05, 3.63) is 48.0 Å². The zero-order chi connectivity index (χ0) is 19.2. The molecule has 0 aliphatic carbocycles. The number of hydrogen-bond acceptors (Lipinski definition) is 4. The molecule has 144 valence electrons. The van der Waals surface area contributed by atoms with E-state index in [0.717, 1.165) is 16.3 Å². The van der Waals surface area contributed by atoms with Gasteiger partial charge in [0.2, 0.25) is 0 Å². The Morgan fingerprint density at radius 2 is 1.74 bits per heavy atom. The maximum atomic E-state index is 12.8. The Bertz CT molecular complexity index is 838. The van der Waals surface area contributed by atoms with Gasteiger partial charge in [0.1, 0.15) is 5.60 Å². The van der Waals surface area contributed by atoms with E-state index in [1.54, 1.807) is 4.90 Å². The Hall–Kier alpha value is -2.11. The van der Waals surface area contributed by atoms with Gasteiger partial charge in [0, 0.05) is 12.8 Å². The average Bonchev–Trinajstić information content (AvgIpc) is 2.59. The minimum Gasteiger partial charge on any atom is -0.444 e. The summed E-state index contributed by atoms with van der Waals surface area (Å²) in [5.74, 6) is 0. The number of amides is 1. The van der Waals surface area contributed by atoms with Crippen LogP contribution in [0.4, 0.5) is 4.79 Å². The molecule has 27 heavy (non-hydrogen) atoms. The molecule has 4 rings (SSSR count). The number of carbonyl (C=O) groups is 1. The fraction of sp³-hybridized carbons (Fsp3) is 0.500. The van der Waals surface area contributed by atoms with Crippen LogP contribution < -0.4 is 0 Å². The summed E-state index contributed by atoms with van der Waals surface area (Å²) < 4.78 is 11.3. The monoisotopic (exact) mass is 369 g/mol. The Morgan fingerprint density at radius 1 is 1.11 bits per heavy atom. The van der Waals surface area contributed by atoms with Crippen molar-refractivity contribution in [3.63, 3.8) is 0 Å². The molecule has 2 fully saturated rings. The van der Waals surface area contributed by atoms with E-state index in [9.17, 15) is 9.90 Å². The molecule has 0 radical (unpaired) electrons. The minimum atomic E-state index is -0.988. The van der Waals surface area contributed by atoms with Crippen molar-refractivity contribution in [2.24, 2.45) is 0 Å². The number of nitrogens with zero attached hydrogens (tertiary/aromatic N) is 1. The molecule has 0 spiro atoms. The van der Waals surface area contributed by atoms with E-state index in [-0.39, 0.29) is 18.2 Å². The zero-order valence-electron chi connectivity index (χ0n) is 16.1. The van der Waals surface area contributed by atoms with E-state index < -0.39 is 11.2 Å². The molecule has 1 amide bonds. The van der Waals surface area contributed by atoms with Crippen LogP contribution in [0, 0.1) is 0 Å². The largest absolute Gasteiger partial charge is 0.444 e. The Balaban J connectivity index is 1.67. The lowest BCUT2D eigenvalue weighted by Crippen LogP contribution is -2.63. The molecule has 2 unspecified atom stereocenters. The third kappa shape index (κ3) is 3.42. The standard InChI is InChI=1S/C22H27NO4/c1-21(2,3)27-20(24)23-16-11-22(25,12-17(23)14-26-13-16)19-10-6-8-15-7-4-5-9-18(15)19/h4-10,16-17,25H,11-14H2,1-3H3. The third-order valence-corrected chi connectivity index (χ3v) is 5.45. The molecule has 2 saturated heterocycles. The van der Waals surface area contributed by atoms with E-state index in [1.807, 2.05) is 45.0 Å². The highest BCUT2D eigenvalue weighted by Crippen LogP contribution is 2.43. The van der Waals surface area contributed by atoms with Gasteiger partial charge in [-0.2, -0.15) is 0 Å². The minimum absolute atomic E-state index is 0.198. The van der Waals surface area contributed by atoms with Crippen LogP contribution in [-0.4, -0.2) is 47.0 Å². The van der Waals surface area contributed by atoms with Gasteiger partial charge in [-0.1, -0.05) is 42.5 Å². The van der Waals surface area contributed by atoms with Gasteiger partial charge in [-0.25, -0.2) is 4.79 Å². The Morgan fingerprint density at radius 3 is 2.41 bits per heavy atom. The van der Waals surface area contributed by atoms with Crippen LogP contribution in [0.25, 0.3) is 10.8 Å². The van der Waals surface area contributed by atoms with Gasteiger partial charge in [0.25, 0.3) is 0 Å². The molecule has 2 heterocycles. The molecule has 0 saturated carbocycles. The normalized spacial score (nSPS) is 28.2. The molecule has 2 aliphatic rings. The Labute approximate surface area is 159 Å². The number of rotatable bonds is 1. The van der Waals surface area contributed by atoms with Crippen molar-refractivity contribution in [1.82, 2.24) is 4.90 Å². The second-order valence-electron chi connectivity index (χ2n) is 8.70. The van der Waals surface area contributed by atoms with Crippen LogP contribution in [0.15, 0.2) is 42.5 Å². The smallest absolute Gasteiger partial charge is 0.410 e. The number of carbonyl (C=O) groups excluding carboxylic acids is 1. The van der Waals surface area contributed by atoms with Crippen molar-refractivity contribution < 1.29 is 19.4 Å². The summed E-state index contributed by atoms with van der Waals surface area (Å²) in [6, 6.07) is 13.8. The molecule has 2 atom stereocenters. The summed E-state index contributed by atoms with van der Waals surface area (Å²) in [6.45, 7) is 6.44. The highest BCUT2D eigenvalue weighted by Gasteiger charge is 2.50. The van der Waals surface area contributed by atoms with Crippen LogP contribution in [0.3, 0.4) is 0 Å². The number of morpholine rings is 1. The molecule has 2 bridgehead atoms.